The first-order chi connectivity index (χ1) is 19.4. The number of alkyl halides is 3. The van der Waals surface area contributed by atoms with E-state index in [0.29, 0.717) is 30.4 Å². The highest BCUT2D eigenvalue weighted by Gasteiger charge is 2.41. The molecule has 13 heteroatoms. The molecule has 234 valence electrons. The zero-order valence-electron chi connectivity index (χ0n) is 25.8. The van der Waals surface area contributed by atoms with E-state index in [-0.39, 0.29) is 16.9 Å². The molecule has 0 bridgehead atoms. The van der Waals surface area contributed by atoms with Gasteiger partial charge in [0, 0.05) is 55.7 Å². The predicted molar refractivity (Wildman–Crippen MR) is 155 cm³/mol. The Kier molecular flexibility index (Phi) is 15.5. The fourth-order valence-corrected chi connectivity index (χ4v) is 3.61. The van der Waals surface area contributed by atoms with Gasteiger partial charge < -0.3 is 20.1 Å². The van der Waals surface area contributed by atoms with E-state index in [4.69, 9.17) is 5.26 Å². The summed E-state index contributed by atoms with van der Waals surface area (Å²) in [6, 6.07) is 2.57. The van der Waals surface area contributed by atoms with Gasteiger partial charge in [-0.25, -0.2) is 0 Å². The maximum atomic E-state index is 11.9. The van der Waals surface area contributed by atoms with E-state index in [0.717, 1.165) is 11.3 Å². The number of pyridine rings is 2. The summed E-state index contributed by atoms with van der Waals surface area (Å²) in [6.07, 6.45) is 0.231. The molecule has 10 nitrogen and oxygen atoms in total. The van der Waals surface area contributed by atoms with Gasteiger partial charge in [-0.3, -0.25) is 24.2 Å². The van der Waals surface area contributed by atoms with Crippen LogP contribution in [0, 0.1) is 28.6 Å². The number of carbonyl (C=O) groups is 3. The monoisotopic (exact) mass is 596 g/mol. The highest BCUT2D eigenvalue weighted by molar-refractivity contribution is 5.87. The maximum Gasteiger partial charge on any atom is 0.471 e. The summed E-state index contributed by atoms with van der Waals surface area (Å²) in [5.74, 6) is -1.45. The third-order valence-corrected chi connectivity index (χ3v) is 6.11. The molecule has 42 heavy (non-hydrogen) atoms. The zero-order chi connectivity index (χ0) is 32.8. The van der Waals surface area contributed by atoms with Gasteiger partial charge in [0.25, 0.3) is 5.56 Å². The minimum absolute atomic E-state index is 0.0519. The Morgan fingerprint density at radius 3 is 2.26 bits per heavy atom. The smallest absolute Gasteiger partial charge is 0.340 e. The predicted octanol–water partition coefficient (Wildman–Crippen LogP) is 4.10. The van der Waals surface area contributed by atoms with Crippen molar-refractivity contribution in [3.05, 3.63) is 40.6 Å². The van der Waals surface area contributed by atoms with Crippen LogP contribution in [0.2, 0.25) is 0 Å². The Morgan fingerprint density at radius 2 is 1.81 bits per heavy atom. The van der Waals surface area contributed by atoms with Crippen molar-refractivity contribution in [3.8, 4) is 6.07 Å². The van der Waals surface area contributed by atoms with Crippen LogP contribution in [0.4, 0.5) is 13.2 Å². The highest BCUT2D eigenvalue weighted by atomic mass is 19.4. The minimum atomic E-state index is -4.95. The van der Waals surface area contributed by atoms with Crippen LogP contribution in [0.25, 0.3) is 10.8 Å². The van der Waals surface area contributed by atoms with Crippen molar-refractivity contribution >= 4 is 29.0 Å². The van der Waals surface area contributed by atoms with Crippen LogP contribution in [0.1, 0.15) is 67.0 Å². The number of aromatic nitrogens is 2. The molecule has 2 atom stereocenters. The van der Waals surface area contributed by atoms with Crippen molar-refractivity contribution in [1.29, 1.82) is 5.26 Å². The molecule has 1 fully saturated rings. The number of hydrogen-bond donors (Lipinski definition) is 2. The van der Waals surface area contributed by atoms with Gasteiger partial charge in [-0.2, -0.15) is 18.4 Å². The maximum absolute atomic E-state index is 11.9. The molecule has 0 radical (unpaired) electrons. The standard InChI is InChI=1S/C12H10N4O2.C11H17F3N2O2.C4H10.C2H6/c1-16-6-8-4-14-5-10(9(8)2-12(16)18)11(3-13)15-7-17;1-7-5-16(6-10(7,2)3)8(17)4-15-9(18)11(12,13)14;1-4(2)3;1-2/h2,4-7,11H,1H3,(H,15,17);7H,4-6H2,1-3H3,(H,15,18);4H,1-3H3;1-2H3/t;7-;;/m.0../s1. The lowest BCUT2D eigenvalue weighted by Gasteiger charge is -2.22. The summed E-state index contributed by atoms with van der Waals surface area (Å²) >= 11 is 0. The molecule has 0 saturated carbocycles. The van der Waals surface area contributed by atoms with E-state index in [1.165, 1.54) is 21.7 Å². The van der Waals surface area contributed by atoms with E-state index >= 15 is 0 Å². The van der Waals surface area contributed by atoms with Crippen molar-refractivity contribution in [1.82, 2.24) is 25.1 Å². The van der Waals surface area contributed by atoms with Crippen LogP contribution < -0.4 is 16.2 Å². The molecule has 0 aliphatic carbocycles. The molecule has 1 unspecified atom stereocenters. The number of nitrogens with zero attached hydrogens (tertiary/aromatic N) is 4. The third kappa shape index (κ3) is 11.9. The average Bonchev–Trinajstić information content (AvgIpc) is 3.18. The van der Waals surface area contributed by atoms with Gasteiger partial charge in [-0.15, -0.1) is 0 Å². The topological polar surface area (TPSA) is 137 Å². The number of rotatable bonds is 5. The molecule has 3 amide bonds. The van der Waals surface area contributed by atoms with E-state index in [1.807, 2.05) is 40.7 Å². The number of nitrogens with one attached hydrogen (secondary N) is 2. The van der Waals surface area contributed by atoms with Crippen LogP contribution in [0.5, 0.6) is 0 Å². The van der Waals surface area contributed by atoms with E-state index in [9.17, 15) is 32.3 Å². The lowest BCUT2D eigenvalue weighted by Crippen LogP contribution is -2.44. The Labute approximate surface area is 245 Å². The molecular formula is C29H43F3N6O4. The highest BCUT2D eigenvalue weighted by Crippen LogP contribution is 2.34. The summed E-state index contributed by atoms with van der Waals surface area (Å²) in [5.41, 5.74) is 0.279. The summed E-state index contributed by atoms with van der Waals surface area (Å²) < 4.78 is 37.2. The number of fused-ring (bicyclic) bond motifs is 1. The molecule has 1 aliphatic heterocycles. The van der Waals surface area contributed by atoms with Crippen molar-refractivity contribution < 1.29 is 27.6 Å². The number of hydrogen-bond acceptors (Lipinski definition) is 6. The number of nitriles is 1. The van der Waals surface area contributed by atoms with Crippen LogP contribution >= 0.6 is 0 Å². The van der Waals surface area contributed by atoms with Gasteiger partial charge in [-0.05, 0) is 22.6 Å². The first-order valence-corrected chi connectivity index (χ1v) is 13.6. The van der Waals surface area contributed by atoms with Gasteiger partial charge in [0.2, 0.25) is 12.3 Å². The first-order valence-electron chi connectivity index (χ1n) is 13.6. The van der Waals surface area contributed by atoms with Gasteiger partial charge in [0.05, 0.1) is 12.6 Å². The van der Waals surface area contributed by atoms with Crippen LogP contribution in [-0.2, 0) is 21.4 Å². The fourth-order valence-electron chi connectivity index (χ4n) is 3.61. The number of carbonyl (C=O) groups excluding carboxylic acids is 3. The van der Waals surface area contributed by atoms with Gasteiger partial charge in [0.1, 0.15) is 6.04 Å². The second-order valence-electron chi connectivity index (χ2n) is 10.9. The summed E-state index contributed by atoms with van der Waals surface area (Å²) in [5, 5.41) is 14.3. The molecule has 3 rings (SSSR count). The second kappa shape index (κ2) is 17.1. The zero-order valence-corrected chi connectivity index (χ0v) is 25.8. The first kappa shape index (κ1) is 38.0. The van der Waals surface area contributed by atoms with Gasteiger partial charge >= 0.3 is 12.1 Å². The van der Waals surface area contributed by atoms with Crippen LogP contribution in [0.15, 0.2) is 29.5 Å². The van der Waals surface area contributed by atoms with Gasteiger partial charge in [0.15, 0.2) is 0 Å². The number of halogens is 3. The number of likely N-dealkylation sites (tertiary alicyclic amines) is 1. The van der Waals surface area contributed by atoms with E-state index in [1.54, 1.807) is 24.8 Å². The Hall–Kier alpha value is -3.95. The molecule has 1 saturated heterocycles. The van der Waals surface area contributed by atoms with E-state index in [2.05, 4.69) is 31.1 Å². The number of aryl methyl sites for hydroxylation is 1. The number of amides is 3. The third-order valence-electron chi connectivity index (χ3n) is 6.11. The van der Waals surface area contributed by atoms with Crippen molar-refractivity contribution in [3.63, 3.8) is 0 Å². The van der Waals surface area contributed by atoms with Gasteiger partial charge in [-0.1, -0.05) is 55.4 Å². The summed E-state index contributed by atoms with van der Waals surface area (Å²) in [7, 11) is 1.64. The SMILES string of the molecule is CC.CC(C)C.C[C@H]1CN(C(=O)CNC(=O)C(F)(F)F)CC1(C)C.Cn1cc2cncc(C(C#N)NC=O)c2cc1=O. The lowest BCUT2D eigenvalue weighted by molar-refractivity contribution is -0.174. The molecular weight excluding hydrogens is 553 g/mol. The van der Waals surface area contributed by atoms with Crippen molar-refractivity contribution in [2.45, 2.75) is 67.6 Å². The van der Waals surface area contributed by atoms with Crippen molar-refractivity contribution in [2.75, 3.05) is 19.6 Å². The Morgan fingerprint density at radius 1 is 1.24 bits per heavy atom. The van der Waals surface area contributed by atoms with Crippen LogP contribution in [0.3, 0.4) is 0 Å². The minimum Gasteiger partial charge on any atom is -0.340 e. The fraction of sp³-hybridized carbons (Fsp3) is 0.586. The van der Waals surface area contributed by atoms with Crippen molar-refractivity contribution in [2.24, 2.45) is 24.3 Å². The normalized spacial score (nSPS) is 15.9. The molecule has 1 aliphatic rings. The summed E-state index contributed by atoms with van der Waals surface area (Å²) in [6.45, 7) is 16.9. The Balaban J connectivity index is 0.000000675. The largest absolute Gasteiger partial charge is 0.471 e. The van der Waals surface area contributed by atoms with Crippen LogP contribution in [-0.4, -0.2) is 58.5 Å². The molecule has 2 aromatic heterocycles. The quantitative estimate of drug-likeness (QED) is 0.499. The summed E-state index contributed by atoms with van der Waals surface area (Å²) in [4.78, 5) is 49.8. The van der Waals surface area contributed by atoms with E-state index < -0.39 is 30.6 Å². The average molecular weight is 597 g/mol. The molecule has 0 aromatic carbocycles. The Bertz CT molecular complexity index is 1280. The molecule has 3 heterocycles. The lowest BCUT2D eigenvalue weighted by atomic mass is 9.84. The second-order valence-corrected chi connectivity index (χ2v) is 10.9. The molecule has 2 aromatic rings. The molecule has 0 spiro atoms. The molecule has 2 N–H and O–H groups in total.